The van der Waals surface area contributed by atoms with Gasteiger partial charge in [-0.2, -0.15) is 0 Å². The first-order valence-corrected chi connectivity index (χ1v) is 15.3. The molecule has 0 aliphatic rings. The van der Waals surface area contributed by atoms with Crippen molar-refractivity contribution in [2.75, 3.05) is 4.90 Å². The third-order valence-corrected chi connectivity index (χ3v) is 8.77. The monoisotopic (exact) mass is 576 g/mol. The molecule has 3 nitrogen and oxygen atoms in total. The Morgan fingerprint density at radius 1 is 0.400 bits per heavy atom. The summed E-state index contributed by atoms with van der Waals surface area (Å²) in [7, 11) is 0. The van der Waals surface area contributed by atoms with E-state index in [0.29, 0.717) is 0 Å². The summed E-state index contributed by atoms with van der Waals surface area (Å²) >= 11 is 0. The van der Waals surface area contributed by atoms with Crippen LogP contribution in [0.4, 0.5) is 17.1 Å². The molecule has 0 amide bonds. The second-order valence-electron chi connectivity index (χ2n) is 11.4. The van der Waals surface area contributed by atoms with Gasteiger partial charge >= 0.3 is 0 Å². The minimum absolute atomic E-state index is 0.884. The highest BCUT2D eigenvalue weighted by molar-refractivity contribution is 6.26. The van der Waals surface area contributed by atoms with Crippen molar-refractivity contribution in [3.05, 3.63) is 170 Å². The molecule has 0 spiro atoms. The van der Waals surface area contributed by atoms with Crippen LogP contribution >= 0.6 is 0 Å². The van der Waals surface area contributed by atoms with Crippen molar-refractivity contribution in [3.63, 3.8) is 0 Å². The smallest absolute Gasteiger partial charge is 0.137 e. The highest BCUT2D eigenvalue weighted by atomic mass is 16.3. The number of para-hydroxylation sites is 2. The Morgan fingerprint density at radius 2 is 0.978 bits per heavy atom. The summed E-state index contributed by atoms with van der Waals surface area (Å²) in [5.74, 6) is 0. The van der Waals surface area contributed by atoms with Gasteiger partial charge < -0.3 is 13.9 Å². The van der Waals surface area contributed by atoms with E-state index < -0.39 is 0 Å². The first kappa shape index (κ1) is 25.4. The average Bonchev–Trinajstić information content (AvgIpc) is 3.37. The maximum Gasteiger partial charge on any atom is 0.137 e. The van der Waals surface area contributed by atoms with Gasteiger partial charge in [0.15, 0.2) is 0 Å². The molecule has 0 saturated carbocycles. The van der Waals surface area contributed by atoms with E-state index >= 15 is 0 Å². The zero-order chi connectivity index (χ0) is 29.7. The number of hydrogen-bond acceptors (Lipinski definition) is 2. The van der Waals surface area contributed by atoms with E-state index in [1.165, 1.54) is 21.9 Å². The third kappa shape index (κ3) is 4.13. The van der Waals surface area contributed by atoms with E-state index in [0.717, 1.165) is 55.7 Å². The molecule has 0 aliphatic carbocycles. The fourth-order valence-electron chi connectivity index (χ4n) is 6.79. The number of benzene rings is 7. The van der Waals surface area contributed by atoms with Gasteiger partial charge in [-0.25, -0.2) is 0 Å². The van der Waals surface area contributed by atoms with Crippen molar-refractivity contribution in [3.8, 4) is 16.8 Å². The van der Waals surface area contributed by atoms with Crippen LogP contribution in [0, 0.1) is 0 Å². The Bertz CT molecular complexity index is 2470. The number of hydrogen-bond donors (Lipinski definition) is 0. The number of rotatable bonds is 5. The molecule has 0 unspecified atom stereocenters. The third-order valence-electron chi connectivity index (χ3n) is 8.77. The molecule has 0 atom stereocenters. The molecular weight excluding hydrogens is 548 g/mol. The summed E-state index contributed by atoms with van der Waals surface area (Å²) < 4.78 is 8.94. The van der Waals surface area contributed by atoms with Crippen LogP contribution in [-0.2, 0) is 0 Å². The fraction of sp³-hybridized carbons (Fsp3) is 0. The van der Waals surface area contributed by atoms with Gasteiger partial charge in [0.2, 0.25) is 0 Å². The molecule has 3 heteroatoms. The normalized spacial score (nSPS) is 11.6. The molecule has 0 saturated heterocycles. The van der Waals surface area contributed by atoms with Crippen LogP contribution in [-0.4, -0.2) is 4.57 Å². The Hall–Kier alpha value is -6.06. The van der Waals surface area contributed by atoms with E-state index in [9.17, 15) is 0 Å². The lowest BCUT2D eigenvalue weighted by Gasteiger charge is -2.26. The molecule has 0 N–H and O–H groups in total. The molecule has 212 valence electrons. The first-order valence-electron chi connectivity index (χ1n) is 15.3. The molecule has 7 aromatic carbocycles. The summed E-state index contributed by atoms with van der Waals surface area (Å²) in [5, 5.41) is 4.66. The van der Waals surface area contributed by atoms with Crippen LogP contribution in [0.25, 0.3) is 60.6 Å². The number of anilines is 3. The summed E-state index contributed by atoms with van der Waals surface area (Å²) in [4.78, 5) is 2.32. The van der Waals surface area contributed by atoms with Crippen molar-refractivity contribution < 1.29 is 4.42 Å². The Kier molecular flexibility index (Phi) is 5.82. The molecule has 45 heavy (non-hydrogen) atoms. The van der Waals surface area contributed by atoms with Gasteiger partial charge in [-0.05, 0) is 83.2 Å². The van der Waals surface area contributed by atoms with Crippen molar-refractivity contribution >= 4 is 60.8 Å². The minimum Gasteiger partial charge on any atom is -0.456 e. The van der Waals surface area contributed by atoms with Crippen LogP contribution < -0.4 is 4.90 Å². The topological polar surface area (TPSA) is 21.3 Å². The molecule has 2 aromatic heterocycles. The van der Waals surface area contributed by atoms with Crippen LogP contribution in [0.5, 0.6) is 0 Å². The molecule has 0 radical (unpaired) electrons. The highest BCUT2D eigenvalue weighted by Gasteiger charge is 2.20. The summed E-state index contributed by atoms with van der Waals surface area (Å²) in [6.07, 6.45) is 0. The maximum atomic E-state index is 6.57. The largest absolute Gasteiger partial charge is 0.456 e. The number of aromatic nitrogens is 1. The second kappa shape index (κ2) is 10.3. The van der Waals surface area contributed by atoms with Gasteiger partial charge in [0.05, 0.1) is 16.4 Å². The zero-order valence-electron chi connectivity index (χ0n) is 24.5. The quantitative estimate of drug-likeness (QED) is 0.203. The van der Waals surface area contributed by atoms with Gasteiger partial charge in [0, 0.05) is 33.5 Å². The van der Waals surface area contributed by atoms with Gasteiger partial charge in [0.1, 0.15) is 11.2 Å². The summed E-state index contributed by atoms with van der Waals surface area (Å²) in [6, 6.07) is 60.1. The minimum atomic E-state index is 0.884. The van der Waals surface area contributed by atoms with Crippen molar-refractivity contribution in [2.24, 2.45) is 0 Å². The summed E-state index contributed by atoms with van der Waals surface area (Å²) in [6.45, 7) is 0. The lowest BCUT2D eigenvalue weighted by atomic mass is 10.0. The van der Waals surface area contributed by atoms with Crippen molar-refractivity contribution in [1.29, 1.82) is 0 Å². The van der Waals surface area contributed by atoms with E-state index in [4.69, 9.17) is 4.42 Å². The zero-order valence-corrected chi connectivity index (χ0v) is 24.5. The second-order valence-corrected chi connectivity index (χ2v) is 11.4. The maximum absolute atomic E-state index is 6.57. The Morgan fingerprint density at radius 3 is 1.80 bits per heavy atom. The number of fused-ring (bicyclic) bond motifs is 2. The van der Waals surface area contributed by atoms with Gasteiger partial charge in [-0.1, -0.05) is 103 Å². The van der Waals surface area contributed by atoms with Crippen LogP contribution in [0.2, 0.25) is 0 Å². The standard InChI is InChI=1S/C42H28N2O/c1-3-12-29(13-4-1)30-24-26-32(27-25-30)43(31-14-5-2-6-15-31)33-16-9-17-34(28-33)44-37-20-10-19-36-35-18-7-8-22-39(35)45-40-23-11-21-38(44)42(40)41(36)37/h1-28H. The molecule has 9 rings (SSSR count). The number of nitrogens with zero attached hydrogens (tertiary/aromatic N) is 2. The first-order chi connectivity index (χ1) is 22.3. The fourth-order valence-corrected chi connectivity index (χ4v) is 6.79. The van der Waals surface area contributed by atoms with Gasteiger partial charge in [0.25, 0.3) is 0 Å². The van der Waals surface area contributed by atoms with E-state index in [-0.39, 0.29) is 0 Å². The van der Waals surface area contributed by atoms with Gasteiger partial charge in [-0.15, -0.1) is 0 Å². The van der Waals surface area contributed by atoms with E-state index in [1.54, 1.807) is 0 Å². The molecule has 2 heterocycles. The molecule has 9 aromatic rings. The van der Waals surface area contributed by atoms with Crippen LogP contribution in [0.3, 0.4) is 0 Å². The Labute approximate surface area is 260 Å². The van der Waals surface area contributed by atoms with Crippen LogP contribution in [0.15, 0.2) is 174 Å². The van der Waals surface area contributed by atoms with E-state index in [1.807, 2.05) is 6.07 Å². The summed E-state index contributed by atoms with van der Waals surface area (Å²) in [5.41, 5.74) is 10.8. The lowest BCUT2D eigenvalue weighted by molar-refractivity contribution is 0.664. The van der Waals surface area contributed by atoms with E-state index in [2.05, 4.69) is 173 Å². The average molecular weight is 577 g/mol. The SMILES string of the molecule is c1ccc(-c2ccc(N(c3ccccc3)c3cccc(-n4c5cccc6oc7ccccc7c7cccc4c7c65)c3)cc2)cc1. The molecule has 0 bridgehead atoms. The van der Waals surface area contributed by atoms with Crippen molar-refractivity contribution in [1.82, 2.24) is 4.57 Å². The molecule has 0 aliphatic heterocycles. The molecule has 0 fully saturated rings. The Balaban J connectivity index is 1.26. The molecular formula is C42H28N2O. The lowest BCUT2D eigenvalue weighted by Crippen LogP contribution is -2.10. The predicted octanol–water partition coefficient (Wildman–Crippen LogP) is 11.8. The van der Waals surface area contributed by atoms with Gasteiger partial charge in [-0.3, -0.25) is 0 Å². The van der Waals surface area contributed by atoms with Crippen molar-refractivity contribution in [2.45, 2.75) is 0 Å². The highest BCUT2D eigenvalue weighted by Crippen LogP contribution is 2.42. The predicted molar refractivity (Wildman–Crippen MR) is 188 cm³/mol. The van der Waals surface area contributed by atoms with Crippen LogP contribution in [0.1, 0.15) is 0 Å².